The zero-order chi connectivity index (χ0) is 21.4. The predicted molar refractivity (Wildman–Crippen MR) is 126 cm³/mol. The number of carbonyl (C=O) groups is 1. The van der Waals surface area contributed by atoms with Crippen LogP contribution in [0.1, 0.15) is 9.67 Å². The van der Waals surface area contributed by atoms with Crippen LogP contribution in [-0.2, 0) is 0 Å². The highest BCUT2D eigenvalue weighted by Gasteiger charge is 2.27. The van der Waals surface area contributed by atoms with Gasteiger partial charge in [-0.2, -0.15) is 0 Å². The van der Waals surface area contributed by atoms with Crippen molar-refractivity contribution in [3.8, 4) is 16.8 Å². The van der Waals surface area contributed by atoms with Gasteiger partial charge in [-0.25, -0.2) is 0 Å². The number of pyridine rings is 1. The fraction of sp³-hybridized carbons (Fsp3) is 0.200. The third kappa shape index (κ3) is 3.58. The first-order valence-electron chi connectivity index (χ1n) is 10.4. The van der Waals surface area contributed by atoms with Crippen LogP contribution in [0.15, 0.2) is 77.6 Å². The van der Waals surface area contributed by atoms with E-state index < -0.39 is 0 Å². The molecular formula is C25H23N3O2S. The summed E-state index contributed by atoms with van der Waals surface area (Å²) in [7, 11) is 2.08. The lowest BCUT2D eigenvalue weighted by molar-refractivity contribution is 0.0669. The number of rotatable bonds is 3. The monoisotopic (exact) mass is 429 g/mol. The molecule has 3 heterocycles. The molecule has 4 aromatic rings. The van der Waals surface area contributed by atoms with E-state index in [0.717, 1.165) is 40.1 Å². The zero-order valence-corrected chi connectivity index (χ0v) is 18.1. The van der Waals surface area contributed by atoms with Crippen LogP contribution in [0.2, 0.25) is 0 Å². The van der Waals surface area contributed by atoms with Crippen molar-refractivity contribution in [1.82, 2.24) is 14.4 Å². The molecule has 1 fully saturated rings. The molecule has 2 aromatic carbocycles. The Balaban J connectivity index is 1.75. The summed E-state index contributed by atoms with van der Waals surface area (Å²) in [6.45, 7) is 3.16. The van der Waals surface area contributed by atoms with Crippen molar-refractivity contribution in [3.05, 3.63) is 88.0 Å². The second kappa shape index (κ2) is 8.13. The number of hydrogen-bond acceptors (Lipinski definition) is 4. The van der Waals surface area contributed by atoms with Gasteiger partial charge in [0, 0.05) is 43.2 Å². The lowest BCUT2D eigenvalue weighted by atomic mass is 10.0. The molecule has 0 atom stereocenters. The maximum absolute atomic E-state index is 13.6. The fourth-order valence-corrected chi connectivity index (χ4v) is 5.40. The van der Waals surface area contributed by atoms with Crippen molar-refractivity contribution in [3.63, 3.8) is 0 Å². The van der Waals surface area contributed by atoms with Crippen molar-refractivity contribution in [1.29, 1.82) is 0 Å². The number of thiophene rings is 1. The van der Waals surface area contributed by atoms with E-state index in [0.29, 0.717) is 18.0 Å². The number of fused-ring (bicyclic) bond motifs is 1. The molecule has 0 saturated carbocycles. The van der Waals surface area contributed by atoms with E-state index in [1.807, 2.05) is 71.6 Å². The van der Waals surface area contributed by atoms with Crippen LogP contribution >= 0.6 is 11.3 Å². The molecule has 0 radical (unpaired) electrons. The molecule has 0 unspecified atom stereocenters. The summed E-state index contributed by atoms with van der Waals surface area (Å²) in [6, 6.07) is 23.1. The van der Waals surface area contributed by atoms with Crippen LogP contribution in [0.3, 0.4) is 0 Å². The van der Waals surface area contributed by atoms with E-state index in [4.69, 9.17) is 0 Å². The minimum Gasteiger partial charge on any atom is -0.335 e. The first kappa shape index (κ1) is 19.7. The molecule has 156 valence electrons. The third-order valence-corrected chi connectivity index (χ3v) is 6.98. The van der Waals surface area contributed by atoms with Crippen molar-refractivity contribution in [2.45, 2.75) is 0 Å². The molecule has 2 aromatic heterocycles. The second-order valence-electron chi connectivity index (χ2n) is 7.83. The highest BCUT2D eigenvalue weighted by Crippen LogP contribution is 2.39. The van der Waals surface area contributed by atoms with E-state index in [-0.39, 0.29) is 11.5 Å². The Kier molecular flexibility index (Phi) is 5.18. The minimum atomic E-state index is -0.0989. The SMILES string of the molecule is CN1CCN(C(=O)c2sc3c(ccc(=O)n3-c3ccccc3)c2-c2ccccc2)CC1. The maximum atomic E-state index is 13.6. The third-order valence-electron chi connectivity index (χ3n) is 5.80. The number of benzene rings is 2. The average Bonchev–Trinajstić information content (AvgIpc) is 3.19. The van der Waals surface area contributed by atoms with Crippen LogP contribution in [0, 0.1) is 0 Å². The largest absolute Gasteiger partial charge is 0.335 e. The topological polar surface area (TPSA) is 45.6 Å². The van der Waals surface area contributed by atoms with Gasteiger partial charge in [-0.05, 0) is 30.8 Å². The molecule has 0 N–H and O–H groups in total. The number of carbonyl (C=O) groups excluding carboxylic acids is 1. The lowest BCUT2D eigenvalue weighted by Gasteiger charge is -2.32. The Morgan fingerprint density at radius 3 is 2.16 bits per heavy atom. The van der Waals surface area contributed by atoms with Crippen LogP contribution in [0.25, 0.3) is 27.0 Å². The summed E-state index contributed by atoms with van der Waals surface area (Å²) in [4.78, 5) is 32.2. The molecule has 1 aliphatic rings. The van der Waals surface area contributed by atoms with Crippen molar-refractivity contribution < 1.29 is 4.79 Å². The maximum Gasteiger partial charge on any atom is 0.264 e. The van der Waals surface area contributed by atoms with E-state index in [1.165, 1.54) is 11.3 Å². The van der Waals surface area contributed by atoms with E-state index >= 15 is 0 Å². The first-order valence-corrected chi connectivity index (χ1v) is 11.2. The quantitative estimate of drug-likeness (QED) is 0.492. The summed E-state index contributed by atoms with van der Waals surface area (Å²) in [6.07, 6.45) is 0. The van der Waals surface area contributed by atoms with Gasteiger partial charge in [-0.15, -0.1) is 11.3 Å². The molecular weight excluding hydrogens is 406 g/mol. The number of hydrogen-bond donors (Lipinski definition) is 0. The van der Waals surface area contributed by atoms with Crippen LogP contribution in [0.5, 0.6) is 0 Å². The van der Waals surface area contributed by atoms with Gasteiger partial charge in [0.2, 0.25) is 0 Å². The van der Waals surface area contributed by atoms with Gasteiger partial charge in [-0.3, -0.25) is 14.2 Å². The summed E-state index contributed by atoms with van der Waals surface area (Å²) in [5.41, 5.74) is 2.61. The van der Waals surface area contributed by atoms with E-state index in [2.05, 4.69) is 11.9 Å². The van der Waals surface area contributed by atoms with Crippen LogP contribution < -0.4 is 5.56 Å². The number of likely N-dealkylation sites (N-methyl/N-ethyl adjacent to an activating group) is 1. The standard InChI is InChI=1S/C25H23N3O2S/c1-26-14-16-27(17-15-26)24(30)23-22(18-8-4-2-5-9-18)20-12-13-21(29)28(25(20)31-23)19-10-6-3-7-11-19/h2-13H,14-17H2,1H3. The van der Waals surface area contributed by atoms with Gasteiger partial charge in [0.15, 0.2) is 0 Å². The van der Waals surface area contributed by atoms with Gasteiger partial charge in [0.25, 0.3) is 11.5 Å². The smallest absolute Gasteiger partial charge is 0.264 e. The normalized spacial score (nSPS) is 14.8. The highest BCUT2D eigenvalue weighted by molar-refractivity contribution is 7.21. The van der Waals surface area contributed by atoms with Crippen LogP contribution in [-0.4, -0.2) is 53.5 Å². The van der Waals surface area contributed by atoms with Crippen molar-refractivity contribution >= 4 is 27.5 Å². The Morgan fingerprint density at radius 2 is 1.48 bits per heavy atom. The molecule has 6 heteroatoms. The fourth-order valence-electron chi connectivity index (χ4n) is 4.10. The Morgan fingerprint density at radius 1 is 0.839 bits per heavy atom. The van der Waals surface area contributed by atoms with Gasteiger partial charge < -0.3 is 9.80 Å². The van der Waals surface area contributed by atoms with Crippen molar-refractivity contribution in [2.24, 2.45) is 0 Å². The molecule has 31 heavy (non-hydrogen) atoms. The molecule has 1 saturated heterocycles. The second-order valence-corrected chi connectivity index (χ2v) is 8.83. The Labute approximate surface area is 184 Å². The molecule has 0 aliphatic carbocycles. The zero-order valence-electron chi connectivity index (χ0n) is 17.3. The summed E-state index contributed by atoms with van der Waals surface area (Å²) >= 11 is 1.42. The van der Waals surface area contributed by atoms with Gasteiger partial charge in [0.05, 0.1) is 5.69 Å². The number of para-hydroxylation sites is 1. The number of nitrogens with zero attached hydrogens (tertiary/aromatic N) is 3. The highest BCUT2D eigenvalue weighted by atomic mass is 32.1. The number of aromatic nitrogens is 1. The van der Waals surface area contributed by atoms with Gasteiger partial charge >= 0.3 is 0 Å². The summed E-state index contributed by atoms with van der Waals surface area (Å²) in [5, 5.41) is 0.928. The number of amides is 1. The molecule has 1 amide bonds. The molecule has 5 rings (SSSR count). The Bertz CT molecular complexity index is 1290. The predicted octanol–water partition coefficient (Wildman–Crippen LogP) is 4.11. The summed E-state index contributed by atoms with van der Waals surface area (Å²) < 4.78 is 1.72. The Hall–Kier alpha value is -3.22. The van der Waals surface area contributed by atoms with Crippen LogP contribution in [0.4, 0.5) is 0 Å². The van der Waals surface area contributed by atoms with Gasteiger partial charge in [0.1, 0.15) is 9.71 Å². The summed E-state index contributed by atoms with van der Waals surface area (Å²) in [5.74, 6) is 0.0419. The van der Waals surface area contributed by atoms with Crippen molar-refractivity contribution in [2.75, 3.05) is 33.2 Å². The molecule has 5 nitrogen and oxygen atoms in total. The van der Waals surface area contributed by atoms with E-state index in [9.17, 15) is 9.59 Å². The minimum absolute atomic E-state index is 0.0419. The first-order chi connectivity index (χ1) is 15.1. The molecule has 0 bridgehead atoms. The van der Waals surface area contributed by atoms with E-state index in [1.54, 1.807) is 10.6 Å². The average molecular weight is 430 g/mol. The molecule has 1 aliphatic heterocycles. The lowest BCUT2D eigenvalue weighted by Crippen LogP contribution is -2.47. The number of piperazine rings is 1. The molecule has 0 spiro atoms. The van der Waals surface area contributed by atoms with Gasteiger partial charge in [-0.1, -0.05) is 48.5 Å².